The van der Waals surface area contributed by atoms with Crippen molar-refractivity contribution in [3.63, 3.8) is 0 Å². The van der Waals surface area contributed by atoms with Gasteiger partial charge < -0.3 is 9.84 Å². The van der Waals surface area contributed by atoms with Crippen LogP contribution in [0, 0.1) is 20.8 Å². The van der Waals surface area contributed by atoms with Crippen LogP contribution in [0.25, 0.3) is 0 Å². The second-order valence-corrected chi connectivity index (χ2v) is 4.07. The summed E-state index contributed by atoms with van der Waals surface area (Å²) >= 11 is 0. The minimum Gasteiger partial charge on any atom is -0.364 e. The van der Waals surface area contributed by atoms with Gasteiger partial charge in [0.25, 0.3) is 5.91 Å². The molecule has 4 nitrogen and oxygen atoms in total. The Kier molecular flexibility index (Phi) is 2.95. The SMILES string of the molecule is Cc1ccc(NC(=O)c2conc2C)cc1C. The van der Waals surface area contributed by atoms with Gasteiger partial charge in [-0.2, -0.15) is 0 Å². The molecule has 0 aliphatic carbocycles. The van der Waals surface area contributed by atoms with Gasteiger partial charge in [0.1, 0.15) is 11.8 Å². The minimum absolute atomic E-state index is 0.202. The zero-order valence-electron chi connectivity index (χ0n) is 10.1. The van der Waals surface area contributed by atoms with Crippen molar-refractivity contribution in [1.82, 2.24) is 5.16 Å². The molecule has 0 atom stereocenters. The summed E-state index contributed by atoms with van der Waals surface area (Å²) in [7, 11) is 0. The molecule has 0 fully saturated rings. The molecule has 0 bridgehead atoms. The number of rotatable bonds is 2. The highest BCUT2D eigenvalue weighted by Crippen LogP contribution is 2.16. The summed E-state index contributed by atoms with van der Waals surface area (Å²) in [5.74, 6) is -0.202. The normalized spacial score (nSPS) is 10.3. The maximum Gasteiger partial charge on any atom is 0.260 e. The predicted octanol–water partition coefficient (Wildman–Crippen LogP) is 2.85. The van der Waals surface area contributed by atoms with Crippen LogP contribution in [0.5, 0.6) is 0 Å². The van der Waals surface area contributed by atoms with E-state index in [1.54, 1.807) is 6.92 Å². The second-order valence-electron chi connectivity index (χ2n) is 4.07. The van der Waals surface area contributed by atoms with Gasteiger partial charge in [-0.15, -0.1) is 0 Å². The third-order valence-corrected chi connectivity index (χ3v) is 2.76. The molecule has 1 N–H and O–H groups in total. The van der Waals surface area contributed by atoms with Crippen molar-refractivity contribution < 1.29 is 9.32 Å². The van der Waals surface area contributed by atoms with Gasteiger partial charge in [0, 0.05) is 5.69 Å². The summed E-state index contributed by atoms with van der Waals surface area (Å²) in [5.41, 5.74) is 4.17. The molecule has 0 radical (unpaired) electrons. The number of aryl methyl sites for hydroxylation is 3. The first-order valence-corrected chi connectivity index (χ1v) is 5.37. The van der Waals surface area contributed by atoms with E-state index in [0.29, 0.717) is 11.3 Å². The third-order valence-electron chi connectivity index (χ3n) is 2.76. The van der Waals surface area contributed by atoms with Gasteiger partial charge in [-0.3, -0.25) is 4.79 Å². The number of anilines is 1. The number of nitrogens with zero attached hydrogens (tertiary/aromatic N) is 1. The van der Waals surface area contributed by atoms with E-state index >= 15 is 0 Å². The van der Waals surface area contributed by atoms with Crippen molar-refractivity contribution in [3.8, 4) is 0 Å². The van der Waals surface area contributed by atoms with E-state index in [-0.39, 0.29) is 5.91 Å². The Bertz CT molecular complexity index is 558. The fourth-order valence-corrected chi connectivity index (χ4v) is 1.53. The molecule has 0 aliphatic rings. The van der Waals surface area contributed by atoms with Gasteiger partial charge in [0.05, 0.1) is 5.69 Å². The molecule has 0 saturated heterocycles. The van der Waals surface area contributed by atoms with Crippen molar-refractivity contribution in [2.24, 2.45) is 0 Å². The molecule has 17 heavy (non-hydrogen) atoms. The van der Waals surface area contributed by atoms with Crippen LogP contribution in [0.1, 0.15) is 27.2 Å². The largest absolute Gasteiger partial charge is 0.364 e. The highest BCUT2D eigenvalue weighted by atomic mass is 16.5. The molecule has 2 aromatic rings. The van der Waals surface area contributed by atoms with E-state index in [2.05, 4.69) is 10.5 Å². The quantitative estimate of drug-likeness (QED) is 0.863. The lowest BCUT2D eigenvalue weighted by Gasteiger charge is -2.06. The Balaban J connectivity index is 2.19. The fraction of sp³-hybridized carbons (Fsp3) is 0.231. The molecule has 0 saturated carbocycles. The molecular weight excluding hydrogens is 216 g/mol. The minimum atomic E-state index is -0.202. The number of carbonyl (C=O) groups excluding carboxylic acids is 1. The average Bonchev–Trinajstić information content (AvgIpc) is 2.70. The zero-order chi connectivity index (χ0) is 12.4. The fourth-order valence-electron chi connectivity index (χ4n) is 1.53. The third kappa shape index (κ3) is 2.36. The summed E-state index contributed by atoms with van der Waals surface area (Å²) in [6, 6.07) is 5.80. The second kappa shape index (κ2) is 4.41. The summed E-state index contributed by atoms with van der Waals surface area (Å²) < 4.78 is 4.74. The summed E-state index contributed by atoms with van der Waals surface area (Å²) in [5, 5.41) is 6.49. The Labute approximate surface area is 99.6 Å². The number of hydrogen-bond donors (Lipinski definition) is 1. The number of aromatic nitrogens is 1. The molecular formula is C13H14N2O2. The van der Waals surface area contributed by atoms with Crippen molar-refractivity contribution in [1.29, 1.82) is 0 Å². The van der Waals surface area contributed by atoms with Gasteiger partial charge in [-0.25, -0.2) is 0 Å². The van der Waals surface area contributed by atoms with E-state index in [4.69, 9.17) is 4.52 Å². The van der Waals surface area contributed by atoms with E-state index in [1.807, 2.05) is 32.0 Å². The van der Waals surface area contributed by atoms with Crippen LogP contribution in [0.2, 0.25) is 0 Å². The molecule has 1 aromatic heterocycles. The summed E-state index contributed by atoms with van der Waals surface area (Å²) in [4.78, 5) is 11.9. The summed E-state index contributed by atoms with van der Waals surface area (Å²) in [6.07, 6.45) is 1.35. The van der Waals surface area contributed by atoms with Gasteiger partial charge in [-0.1, -0.05) is 11.2 Å². The average molecular weight is 230 g/mol. The van der Waals surface area contributed by atoms with Crippen LogP contribution in [0.15, 0.2) is 29.0 Å². The van der Waals surface area contributed by atoms with E-state index in [1.165, 1.54) is 11.8 Å². The van der Waals surface area contributed by atoms with Crippen LogP contribution in [-0.4, -0.2) is 11.1 Å². The highest BCUT2D eigenvalue weighted by molar-refractivity contribution is 6.04. The lowest BCUT2D eigenvalue weighted by atomic mass is 10.1. The Hall–Kier alpha value is -2.10. The van der Waals surface area contributed by atoms with Crippen molar-refractivity contribution in [2.75, 3.05) is 5.32 Å². The lowest BCUT2D eigenvalue weighted by molar-refractivity contribution is 0.102. The Morgan fingerprint density at radius 1 is 1.24 bits per heavy atom. The predicted molar refractivity (Wildman–Crippen MR) is 65.1 cm³/mol. The van der Waals surface area contributed by atoms with Gasteiger partial charge in [0.2, 0.25) is 0 Å². The van der Waals surface area contributed by atoms with Crippen LogP contribution in [0.4, 0.5) is 5.69 Å². The van der Waals surface area contributed by atoms with Crippen LogP contribution in [-0.2, 0) is 0 Å². The number of carbonyl (C=O) groups is 1. The van der Waals surface area contributed by atoms with Crippen LogP contribution in [0.3, 0.4) is 0 Å². The molecule has 0 aliphatic heterocycles. The number of nitrogens with one attached hydrogen (secondary N) is 1. The number of hydrogen-bond acceptors (Lipinski definition) is 3. The Morgan fingerprint density at radius 3 is 2.59 bits per heavy atom. The number of benzene rings is 1. The van der Waals surface area contributed by atoms with Crippen molar-refractivity contribution >= 4 is 11.6 Å². The maximum atomic E-state index is 11.9. The molecule has 1 amide bonds. The lowest BCUT2D eigenvalue weighted by Crippen LogP contribution is -2.12. The molecule has 4 heteroatoms. The van der Waals surface area contributed by atoms with E-state index < -0.39 is 0 Å². The van der Waals surface area contributed by atoms with Crippen molar-refractivity contribution in [2.45, 2.75) is 20.8 Å². The Morgan fingerprint density at radius 2 is 2.00 bits per heavy atom. The molecule has 1 aromatic carbocycles. The van der Waals surface area contributed by atoms with Gasteiger partial charge >= 0.3 is 0 Å². The van der Waals surface area contributed by atoms with Crippen molar-refractivity contribution in [3.05, 3.63) is 46.8 Å². The molecule has 0 unspecified atom stereocenters. The van der Waals surface area contributed by atoms with E-state index in [0.717, 1.165) is 11.3 Å². The summed E-state index contributed by atoms with van der Waals surface area (Å²) in [6.45, 7) is 5.78. The molecule has 2 rings (SSSR count). The maximum absolute atomic E-state index is 11.9. The monoisotopic (exact) mass is 230 g/mol. The van der Waals surface area contributed by atoms with Crippen LogP contribution < -0.4 is 5.32 Å². The first kappa shape index (κ1) is 11.4. The topological polar surface area (TPSA) is 55.1 Å². The van der Waals surface area contributed by atoms with Crippen LogP contribution >= 0.6 is 0 Å². The first-order chi connectivity index (χ1) is 8.08. The number of amides is 1. The molecule has 0 spiro atoms. The smallest absolute Gasteiger partial charge is 0.260 e. The molecule has 1 heterocycles. The molecule has 88 valence electrons. The highest BCUT2D eigenvalue weighted by Gasteiger charge is 2.12. The van der Waals surface area contributed by atoms with Gasteiger partial charge in [-0.05, 0) is 44.0 Å². The van der Waals surface area contributed by atoms with E-state index in [9.17, 15) is 4.79 Å². The van der Waals surface area contributed by atoms with Gasteiger partial charge in [0.15, 0.2) is 0 Å². The zero-order valence-corrected chi connectivity index (χ0v) is 10.1. The first-order valence-electron chi connectivity index (χ1n) is 5.37. The standard InChI is InChI=1S/C13H14N2O2/c1-8-4-5-11(6-9(8)2)14-13(16)12-7-17-15-10(12)3/h4-7H,1-3H3,(H,14,16).